The molecule has 0 saturated heterocycles. The second-order valence-electron chi connectivity index (χ2n) is 6.14. The maximum atomic E-state index is 12.5. The molecule has 3 rings (SSSR count). The van der Waals surface area contributed by atoms with Gasteiger partial charge in [0.2, 0.25) is 0 Å². The second kappa shape index (κ2) is 9.20. The van der Waals surface area contributed by atoms with E-state index in [9.17, 15) is 4.79 Å². The fourth-order valence-electron chi connectivity index (χ4n) is 2.67. The lowest BCUT2D eigenvalue weighted by Gasteiger charge is -2.18. The predicted octanol–water partition coefficient (Wildman–Crippen LogP) is 4.63. The number of carbonyl (C=O) groups is 1. The van der Waals surface area contributed by atoms with Crippen LogP contribution in [0.3, 0.4) is 0 Å². The van der Waals surface area contributed by atoms with E-state index >= 15 is 0 Å². The average Bonchev–Trinajstić information content (AvgIpc) is 2.90. The number of nitrogens with one attached hydrogen (secondary N) is 1. The maximum absolute atomic E-state index is 12.5. The zero-order chi connectivity index (χ0) is 19.2. The number of hydrogen-bond acceptors (Lipinski definition) is 4. The molecule has 1 atom stereocenters. The standard InChI is InChI=1S/C20H21Cl2NO4/c1-2-16(27-17-7-5-14(21)11-15(17)22)20(24)23-12-13-4-6-18-19(10-13)26-9-3-8-25-18/h4-7,10-11,16H,2-3,8-9,12H2,1H3,(H,23,24). The molecule has 0 radical (unpaired) electrons. The van der Waals surface area contributed by atoms with E-state index in [0.29, 0.717) is 47.7 Å². The van der Waals surface area contributed by atoms with Gasteiger partial charge in [0.1, 0.15) is 5.75 Å². The molecule has 144 valence electrons. The fraction of sp³-hybridized carbons (Fsp3) is 0.350. The van der Waals surface area contributed by atoms with Gasteiger partial charge in [0.05, 0.1) is 18.2 Å². The zero-order valence-electron chi connectivity index (χ0n) is 15.0. The highest BCUT2D eigenvalue weighted by Gasteiger charge is 2.20. The van der Waals surface area contributed by atoms with Gasteiger partial charge in [-0.2, -0.15) is 0 Å². The van der Waals surface area contributed by atoms with Crippen LogP contribution in [-0.4, -0.2) is 25.2 Å². The Morgan fingerprint density at radius 3 is 2.67 bits per heavy atom. The Labute approximate surface area is 168 Å². The molecule has 1 aliphatic rings. The van der Waals surface area contributed by atoms with E-state index in [1.807, 2.05) is 25.1 Å². The summed E-state index contributed by atoms with van der Waals surface area (Å²) in [6.45, 7) is 3.51. The van der Waals surface area contributed by atoms with E-state index in [0.717, 1.165) is 17.7 Å². The summed E-state index contributed by atoms with van der Waals surface area (Å²) >= 11 is 12.0. The largest absolute Gasteiger partial charge is 0.490 e. The molecule has 0 spiro atoms. The van der Waals surface area contributed by atoms with Crippen molar-refractivity contribution in [3.05, 3.63) is 52.0 Å². The van der Waals surface area contributed by atoms with Gasteiger partial charge in [-0.25, -0.2) is 0 Å². The topological polar surface area (TPSA) is 56.8 Å². The first-order chi connectivity index (χ1) is 13.1. The number of fused-ring (bicyclic) bond motifs is 1. The number of ether oxygens (including phenoxy) is 3. The van der Waals surface area contributed by atoms with Crippen molar-refractivity contribution >= 4 is 29.1 Å². The predicted molar refractivity (Wildman–Crippen MR) is 105 cm³/mol. The molecule has 0 bridgehead atoms. The average molecular weight is 410 g/mol. The van der Waals surface area contributed by atoms with Crippen LogP contribution in [0, 0.1) is 0 Å². The molecule has 27 heavy (non-hydrogen) atoms. The lowest BCUT2D eigenvalue weighted by Crippen LogP contribution is -2.37. The van der Waals surface area contributed by atoms with E-state index in [-0.39, 0.29) is 5.91 Å². The monoisotopic (exact) mass is 409 g/mol. The van der Waals surface area contributed by atoms with Gasteiger partial charge < -0.3 is 19.5 Å². The van der Waals surface area contributed by atoms with Crippen molar-refractivity contribution in [2.45, 2.75) is 32.4 Å². The van der Waals surface area contributed by atoms with Crippen molar-refractivity contribution in [1.29, 1.82) is 0 Å². The third-order valence-electron chi connectivity index (χ3n) is 4.11. The first-order valence-electron chi connectivity index (χ1n) is 8.84. The van der Waals surface area contributed by atoms with Crippen molar-refractivity contribution < 1.29 is 19.0 Å². The van der Waals surface area contributed by atoms with Crippen LogP contribution in [0.15, 0.2) is 36.4 Å². The fourth-order valence-corrected chi connectivity index (χ4v) is 3.12. The molecule has 1 N–H and O–H groups in total. The highest BCUT2D eigenvalue weighted by molar-refractivity contribution is 6.35. The van der Waals surface area contributed by atoms with E-state index in [2.05, 4.69) is 5.32 Å². The maximum Gasteiger partial charge on any atom is 0.261 e. The van der Waals surface area contributed by atoms with Gasteiger partial charge >= 0.3 is 0 Å². The van der Waals surface area contributed by atoms with E-state index in [1.54, 1.807) is 18.2 Å². The first kappa shape index (κ1) is 19.6. The van der Waals surface area contributed by atoms with Crippen LogP contribution < -0.4 is 19.5 Å². The van der Waals surface area contributed by atoms with E-state index in [4.69, 9.17) is 37.4 Å². The number of halogens is 2. The van der Waals surface area contributed by atoms with E-state index in [1.165, 1.54) is 0 Å². The van der Waals surface area contributed by atoms with Crippen molar-refractivity contribution in [1.82, 2.24) is 5.32 Å². The van der Waals surface area contributed by atoms with Crippen molar-refractivity contribution in [2.75, 3.05) is 13.2 Å². The van der Waals surface area contributed by atoms with Crippen molar-refractivity contribution in [3.63, 3.8) is 0 Å². The van der Waals surface area contributed by atoms with Crippen LogP contribution in [0.25, 0.3) is 0 Å². The molecule has 0 aromatic heterocycles. The number of amides is 1. The minimum Gasteiger partial charge on any atom is -0.490 e. The Morgan fingerprint density at radius 1 is 1.15 bits per heavy atom. The summed E-state index contributed by atoms with van der Waals surface area (Å²) in [6.07, 6.45) is 0.708. The van der Waals surface area contributed by atoms with Gasteiger partial charge in [-0.05, 0) is 42.3 Å². The van der Waals surface area contributed by atoms with Crippen LogP contribution in [-0.2, 0) is 11.3 Å². The minimum atomic E-state index is -0.649. The molecule has 1 heterocycles. The smallest absolute Gasteiger partial charge is 0.261 e. The van der Waals surface area contributed by atoms with Crippen LogP contribution in [0.5, 0.6) is 17.2 Å². The molecule has 7 heteroatoms. The van der Waals surface area contributed by atoms with Gasteiger partial charge in [-0.1, -0.05) is 36.2 Å². The number of rotatable bonds is 6. The molecule has 5 nitrogen and oxygen atoms in total. The van der Waals surface area contributed by atoms with E-state index < -0.39 is 6.10 Å². The Balaban J connectivity index is 1.61. The van der Waals surface area contributed by atoms with Crippen LogP contribution in [0.4, 0.5) is 0 Å². The first-order valence-corrected chi connectivity index (χ1v) is 9.60. The highest BCUT2D eigenvalue weighted by Crippen LogP contribution is 2.31. The lowest BCUT2D eigenvalue weighted by atomic mass is 10.2. The molecule has 0 fully saturated rings. The third-order valence-corrected chi connectivity index (χ3v) is 4.64. The molecule has 2 aromatic carbocycles. The molecule has 0 aliphatic carbocycles. The lowest BCUT2D eigenvalue weighted by molar-refractivity contribution is -0.128. The number of hydrogen-bond donors (Lipinski definition) is 1. The summed E-state index contributed by atoms with van der Waals surface area (Å²) < 4.78 is 17.1. The van der Waals surface area contributed by atoms with Crippen molar-refractivity contribution in [3.8, 4) is 17.2 Å². The van der Waals surface area contributed by atoms with Gasteiger partial charge in [0.25, 0.3) is 5.91 Å². The molecular weight excluding hydrogens is 389 g/mol. The molecular formula is C20H21Cl2NO4. The molecule has 0 saturated carbocycles. The second-order valence-corrected chi connectivity index (χ2v) is 6.98. The summed E-state index contributed by atoms with van der Waals surface area (Å²) in [5.74, 6) is 1.65. The summed E-state index contributed by atoms with van der Waals surface area (Å²) in [6, 6.07) is 10.6. The van der Waals surface area contributed by atoms with Gasteiger partial charge in [0, 0.05) is 18.0 Å². The van der Waals surface area contributed by atoms with Crippen LogP contribution in [0.1, 0.15) is 25.3 Å². The van der Waals surface area contributed by atoms with Crippen molar-refractivity contribution in [2.24, 2.45) is 0 Å². The molecule has 1 aliphatic heterocycles. The Kier molecular flexibility index (Phi) is 6.69. The van der Waals surface area contributed by atoms with Gasteiger partial charge in [0.15, 0.2) is 17.6 Å². The summed E-state index contributed by atoms with van der Waals surface area (Å²) in [5, 5.41) is 3.78. The van der Waals surface area contributed by atoms with Gasteiger partial charge in [-0.15, -0.1) is 0 Å². The minimum absolute atomic E-state index is 0.212. The number of benzene rings is 2. The quantitative estimate of drug-likeness (QED) is 0.755. The summed E-state index contributed by atoms with van der Waals surface area (Å²) in [7, 11) is 0. The van der Waals surface area contributed by atoms with Gasteiger partial charge in [-0.3, -0.25) is 4.79 Å². The third kappa shape index (κ3) is 5.21. The molecule has 1 amide bonds. The highest BCUT2D eigenvalue weighted by atomic mass is 35.5. The Hall–Kier alpha value is -2.11. The Bertz CT molecular complexity index is 813. The number of carbonyl (C=O) groups excluding carboxylic acids is 1. The van der Waals surface area contributed by atoms with Crippen LogP contribution >= 0.6 is 23.2 Å². The summed E-state index contributed by atoms with van der Waals surface area (Å²) in [4.78, 5) is 12.5. The van der Waals surface area contributed by atoms with Crippen LogP contribution in [0.2, 0.25) is 10.0 Å². The normalized spacial score (nSPS) is 14.2. The Morgan fingerprint density at radius 2 is 1.93 bits per heavy atom. The zero-order valence-corrected chi connectivity index (χ0v) is 16.5. The SMILES string of the molecule is CCC(Oc1ccc(Cl)cc1Cl)C(=O)NCc1ccc2c(c1)OCCCO2. The molecule has 1 unspecified atom stereocenters. The summed E-state index contributed by atoms with van der Waals surface area (Å²) in [5.41, 5.74) is 0.923. The molecule has 2 aromatic rings.